The van der Waals surface area contributed by atoms with Crippen molar-refractivity contribution in [3.8, 4) is 11.5 Å². The first-order valence-corrected chi connectivity index (χ1v) is 6.46. The summed E-state index contributed by atoms with van der Waals surface area (Å²) in [5.74, 6) is -0.376. The highest BCUT2D eigenvalue weighted by Gasteiger charge is 2.28. The van der Waals surface area contributed by atoms with E-state index >= 15 is 0 Å². The van der Waals surface area contributed by atoms with E-state index in [0.717, 1.165) is 0 Å². The standard InChI is InChI=1S/C15H14N2O4/c18-7-6-17-12-8-9(19)4-5-11(12)16-14-10(15(17)21)2-1-3-13(14)20/h1-5,8,16,18-20H,6-7H2. The number of aromatic hydroxyl groups is 2. The quantitative estimate of drug-likeness (QED) is 0.499. The number of carbonyl (C=O) groups is 1. The van der Waals surface area contributed by atoms with Crippen molar-refractivity contribution in [1.82, 2.24) is 0 Å². The minimum Gasteiger partial charge on any atom is -0.508 e. The van der Waals surface area contributed by atoms with Crippen molar-refractivity contribution in [2.24, 2.45) is 0 Å². The Morgan fingerprint density at radius 3 is 2.71 bits per heavy atom. The number of benzene rings is 2. The zero-order chi connectivity index (χ0) is 15.0. The number of nitrogens with one attached hydrogen (secondary N) is 1. The summed E-state index contributed by atoms with van der Waals surface area (Å²) in [5.41, 5.74) is 1.63. The SMILES string of the molecule is O=C1c2cccc(O)c2Nc2ccc(O)cc2N1CCO. The molecule has 2 aromatic carbocycles. The molecule has 0 radical (unpaired) electrons. The van der Waals surface area contributed by atoms with Gasteiger partial charge in [-0.15, -0.1) is 0 Å². The molecule has 0 unspecified atom stereocenters. The molecule has 6 heteroatoms. The van der Waals surface area contributed by atoms with Crippen LogP contribution in [0, 0.1) is 0 Å². The summed E-state index contributed by atoms with van der Waals surface area (Å²) in [6.07, 6.45) is 0. The average Bonchev–Trinajstić information content (AvgIpc) is 2.58. The van der Waals surface area contributed by atoms with Crippen molar-refractivity contribution in [2.75, 3.05) is 23.4 Å². The van der Waals surface area contributed by atoms with E-state index in [0.29, 0.717) is 22.6 Å². The van der Waals surface area contributed by atoms with Crippen LogP contribution in [-0.2, 0) is 0 Å². The number of fused-ring (bicyclic) bond motifs is 2. The van der Waals surface area contributed by atoms with Crippen molar-refractivity contribution in [3.05, 3.63) is 42.0 Å². The van der Waals surface area contributed by atoms with Gasteiger partial charge in [0.2, 0.25) is 0 Å². The Morgan fingerprint density at radius 1 is 1.14 bits per heavy atom. The van der Waals surface area contributed by atoms with E-state index in [-0.39, 0.29) is 30.6 Å². The Bertz CT molecular complexity index is 715. The fourth-order valence-electron chi connectivity index (χ4n) is 2.41. The molecule has 2 aromatic rings. The number of rotatable bonds is 2. The van der Waals surface area contributed by atoms with E-state index in [2.05, 4.69) is 5.32 Å². The predicted octanol–water partition coefficient (Wildman–Crippen LogP) is 1.79. The molecule has 6 nitrogen and oxygen atoms in total. The summed E-state index contributed by atoms with van der Waals surface area (Å²) in [7, 11) is 0. The molecule has 0 saturated carbocycles. The van der Waals surface area contributed by atoms with Crippen molar-refractivity contribution in [2.45, 2.75) is 0 Å². The normalized spacial score (nSPS) is 13.2. The molecule has 0 aromatic heterocycles. The van der Waals surface area contributed by atoms with Gasteiger partial charge >= 0.3 is 0 Å². The Balaban J connectivity index is 2.23. The first kappa shape index (κ1) is 13.3. The molecule has 1 aliphatic heterocycles. The lowest BCUT2D eigenvalue weighted by molar-refractivity contribution is 0.0982. The van der Waals surface area contributed by atoms with Crippen molar-refractivity contribution < 1.29 is 20.1 Å². The molecule has 21 heavy (non-hydrogen) atoms. The fourth-order valence-corrected chi connectivity index (χ4v) is 2.41. The zero-order valence-electron chi connectivity index (χ0n) is 11.1. The number of phenols is 2. The molecular formula is C15H14N2O4. The van der Waals surface area contributed by atoms with E-state index in [1.54, 1.807) is 18.2 Å². The second-order valence-electron chi connectivity index (χ2n) is 4.71. The van der Waals surface area contributed by atoms with E-state index in [1.807, 2.05) is 0 Å². The van der Waals surface area contributed by atoms with Gasteiger partial charge in [-0.3, -0.25) is 4.79 Å². The molecule has 0 fully saturated rings. The van der Waals surface area contributed by atoms with Gasteiger partial charge in [0, 0.05) is 12.6 Å². The number of aliphatic hydroxyl groups excluding tert-OH is 1. The number of anilines is 3. The Kier molecular flexibility index (Phi) is 3.15. The van der Waals surface area contributed by atoms with Gasteiger partial charge in [0.25, 0.3) is 5.91 Å². The Labute approximate surface area is 120 Å². The minimum atomic E-state index is -0.355. The van der Waals surface area contributed by atoms with Gasteiger partial charge in [0.15, 0.2) is 0 Å². The number of amides is 1. The average molecular weight is 286 g/mol. The molecule has 0 saturated heterocycles. The first-order valence-electron chi connectivity index (χ1n) is 6.46. The first-order chi connectivity index (χ1) is 10.1. The van der Waals surface area contributed by atoms with E-state index < -0.39 is 0 Å². The maximum Gasteiger partial charge on any atom is 0.260 e. The van der Waals surface area contributed by atoms with Gasteiger partial charge < -0.3 is 25.5 Å². The third-order valence-corrected chi connectivity index (χ3v) is 3.37. The summed E-state index contributed by atoms with van der Waals surface area (Å²) < 4.78 is 0. The Morgan fingerprint density at radius 2 is 1.95 bits per heavy atom. The minimum absolute atomic E-state index is 0.0152. The fraction of sp³-hybridized carbons (Fsp3) is 0.133. The summed E-state index contributed by atoms with van der Waals surface area (Å²) in [4.78, 5) is 14.0. The number of para-hydroxylation sites is 1. The van der Waals surface area contributed by atoms with E-state index in [4.69, 9.17) is 0 Å². The van der Waals surface area contributed by atoms with Gasteiger partial charge in [-0.2, -0.15) is 0 Å². The molecule has 0 spiro atoms. The predicted molar refractivity (Wildman–Crippen MR) is 78.3 cm³/mol. The maximum absolute atomic E-state index is 12.6. The Hall–Kier alpha value is -2.73. The summed E-state index contributed by atoms with van der Waals surface area (Å²) in [6, 6.07) is 9.21. The van der Waals surface area contributed by atoms with Gasteiger partial charge in [-0.1, -0.05) is 6.07 Å². The van der Waals surface area contributed by atoms with Crippen LogP contribution in [0.2, 0.25) is 0 Å². The van der Waals surface area contributed by atoms with Crippen LogP contribution < -0.4 is 10.2 Å². The van der Waals surface area contributed by atoms with Gasteiger partial charge in [-0.05, 0) is 24.3 Å². The number of hydrogen-bond acceptors (Lipinski definition) is 5. The highest BCUT2D eigenvalue weighted by Crippen LogP contribution is 2.40. The number of aliphatic hydroxyl groups is 1. The topological polar surface area (TPSA) is 93.0 Å². The summed E-state index contributed by atoms with van der Waals surface area (Å²) in [6.45, 7) is -0.124. The van der Waals surface area contributed by atoms with E-state index in [9.17, 15) is 20.1 Å². The molecular weight excluding hydrogens is 272 g/mol. The number of phenolic OH excluding ortho intramolecular Hbond substituents is 2. The van der Waals surface area contributed by atoms with Gasteiger partial charge in [-0.25, -0.2) is 0 Å². The van der Waals surface area contributed by atoms with Crippen LogP contribution in [0.15, 0.2) is 36.4 Å². The molecule has 1 aliphatic rings. The zero-order valence-corrected chi connectivity index (χ0v) is 11.1. The molecule has 108 valence electrons. The molecule has 0 atom stereocenters. The number of β-amino-alcohol motifs (C(OH)–C–C–N with tert-alkyl or cyclic N) is 1. The highest BCUT2D eigenvalue weighted by atomic mass is 16.3. The van der Waals surface area contributed by atoms with Crippen molar-refractivity contribution >= 4 is 23.0 Å². The van der Waals surface area contributed by atoms with Crippen LogP contribution in [0.3, 0.4) is 0 Å². The summed E-state index contributed by atoms with van der Waals surface area (Å²) in [5, 5.41) is 31.8. The van der Waals surface area contributed by atoms with E-state index in [1.165, 1.54) is 23.1 Å². The molecule has 3 rings (SSSR count). The van der Waals surface area contributed by atoms with Crippen LogP contribution in [0.25, 0.3) is 0 Å². The largest absolute Gasteiger partial charge is 0.508 e. The highest BCUT2D eigenvalue weighted by molar-refractivity contribution is 6.14. The molecule has 0 bridgehead atoms. The molecule has 1 amide bonds. The van der Waals surface area contributed by atoms with Crippen LogP contribution in [0.5, 0.6) is 11.5 Å². The summed E-state index contributed by atoms with van der Waals surface area (Å²) >= 11 is 0. The third kappa shape index (κ3) is 2.15. The number of carbonyl (C=O) groups excluding carboxylic acids is 1. The van der Waals surface area contributed by atoms with Crippen LogP contribution in [0.4, 0.5) is 17.1 Å². The number of nitrogens with zero attached hydrogens (tertiary/aromatic N) is 1. The lowest BCUT2D eigenvalue weighted by Gasteiger charge is -2.21. The monoisotopic (exact) mass is 286 g/mol. The lowest BCUT2D eigenvalue weighted by atomic mass is 10.1. The maximum atomic E-state index is 12.6. The second kappa shape index (κ2) is 4.99. The molecule has 4 N–H and O–H groups in total. The lowest BCUT2D eigenvalue weighted by Crippen LogP contribution is -2.32. The van der Waals surface area contributed by atoms with Crippen molar-refractivity contribution in [3.63, 3.8) is 0 Å². The van der Waals surface area contributed by atoms with Gasteiger partial charge in [0.05, 0.1) is 29.2 Å². The smallest absolute Gasteiger partial charge is 0.260 e. The number of hydrogen-bond donors (Lipinski definition) is 4. The van der Waals surface area contributed by atoms with Crippen LogP contribution >= 0.6 is 0 Å². The molecule has 1 heterocycles. The van der Waals surface area contributed by atoms with Crippen LogP contribution in [-0.4, -0.2) is 34.4 Å². The van der Waals surface area contributed by atoms with Crippen molar-refractivity contribution in [1.29, 1.82) is 0 Å². The second-order valence-corrected chi connectivity index (χ2v) is 4.71. The molecule has 0 aliphatic carbocycles. The van der Waals surface area contributed by atoms with Gasteiger partial charge in [0.1, 0.15) is 11.5 Å². The van der Waals surface area contributed by atoms with Crippen LogP contribution in [0.1, 0.15) is 10.4 Å². The third-order valence-electron chi connectivity index (χ3n) is 3.37.